The van der Waals surface area contributed by atoms with E-state index in [-0.39, 0.29) is 42.4 Å². The standard InChI is InChI=1S/C28H30F3N5O3/c1-4-13-35-22-16-36(21(14-17(2)3)25(37)33-15-18-9-11-32-12-10-18)26(38)23(22)24(34-27(35)39)19-7-5-6-8-20(19)28(29,30)31/h4-12,17,21,24H,1,13-16H2,2-3H3,(H,33,37)(H,34,39)/t21-,24-/m0/s1. The Labute approximate surface area is 224 Å². The molecule has 0 fully saturated rings. The van der Waals surface area contributed by atoms with Crippen molar-refractivity contribution in [3.63, 3.8) is 0 Å². The summed E-state index contributed by atoms with van der Waals surface area (Å²) in [6, 6.07) is 5.50. The van der Waals surface area contributed by atoms with Crippen molar-refractivity contribution in [2.45, 2.75) is 45.1 Å². The molecule has 2 aromatic rings. The first-order chi connectivity index (χ1) is 18.5. The zero-order chi connectivity index (χ0) is 28.3. The van der Waals surface area contributed by atoms with Crippen LogP contribution in [0.15, 0.2) is 72.7 Å². The molecule has 3 heterocycles. The predicted molar refractivity (Wildman–Crippen MR) is 138 cm³/mol. The summed E-state index contributed by atoms with van der Waals surface area (Å²) in [5.74, 6) is -0.959. The number of aromatic nitrogens is 1. The molecule has 2 N–H and O–H groups in total. The maximum atomic E-state index is 13.9. The van der Waals surface area contributed by atoms with Gasteiger partial charge in [0.1, 0.15) is 6.04 Å². The van der Waals surface area contributed by atoms with E-state index in [4.69, 9.17) is 0 Å². The summed E-state index contributed by atoms with van der Waals surface area (Å²) in [6.45, 7) is 7.65. The molecule has 1 aromatic carbocycles. The zero-order valence-corrected chi connectivity index (χ0v) is 21.7. The van der Waals surface area contributed by atoms with Crippen LogP contribution in [0.4, 0.5) is 18.0 Å². The zero-order valence-electron chi connectivity index (χ0n) is 21.7. The number of nitrogens with one attached hydrogen (secondary N) is 2. The summed E-state index contributed by atoms with van der Waals surface area (Å²) >= 11 is 0. The van der Waals surface area contributed by atoms with Gasteiger partial charge in [-0.1, -0.05) is 38.1 Å². The van der Waals surface area contributed by atoms with Gasteiger partial charge in [0.2, 0.25) is 5.91 Å². The number of carbonyl (C=O) groups is 3. The molecular formula is C28H30F3N5O3. The number of halogens is 3. The van der Waals surface area contributed by atoms with Gasteiger partial charge >= 0.3 is 12.2 Å². The van der Waals surface area contributed by atoms with Crippen molar-refractivity contribution in [3.8, 4) is 0 Å². The Hall–Kier alpha value is -4.15. The Morgan fingerprint density at radius 3 is 2.54 bits per heavy atom. The number of alkyl halides is 3. The lowest BCUT2D eigenvalue weighted by molar-refractivity contribution is -0.139. The number of hydrogen-bond acceptors (Lipinski definition) is 4. The van der Waals surface area contributed by atoms with E-state index in [0.717, 1.165) is 11.6 Å². The van der Waals surface area contributed by atoms with Gasteiger partial charge in [0.05, 0.1) is 29.4 Å². The van der Waals surface area contributed by atoms with Crippen molar-refractivity contribution in [2.24, 2.45) is 5.92 Å². The molecule has 4 rings (SSSR count). The van der Waals surface area contributed by atoms with Crippen LogP contribution in [0.1, 0.15) is 43.0 Å². The number of carbonyl (C=O) groups excluding carboxylic acids is 3. The third-order valence-electron chi connectivity index (χ3n) is 6.73. The van der Waals surface area contributed by atoms with Crippen LogP contribution in [-0.4, -0.2) is 51.8 Å². The van der Waals surface area contributed by atoms with Crippen molar-refractivity contribution >= 4 is 17.8 Å². The van der Waals surface area contributed by atoms with Crippen molar-refractivity contribution < 1.29 is 27.6 Å². The lowest BCUT2D eigenvalue weighted by atomic mass is 9.91. The van der Waals surface area contributed by atoms with E-state index in [0.29, 0.717) is 6.42 Å². The molecule has 0 unspecified atom stereocenters. The van der Waals surface area contributed by atoms with Gasteiger partial charge in [0, 0.05) is 25.5 Å². The molecule has 0 saturated heterocycles. The van der Waals surface area contributed by atoms with E-state index in [1.807, 2.05) is 13.8 Å². The van der Waals surface area contributed by atoms with Crippen LogP contribution < -0.4 is 10.6 Å². The largest absolute Gasteiger partial charge is 0.416 e. The predicted octanol–water partition coefficient (Wildman–Crippen LogP) is 4.18. The third kappa shape index (κ3) is 5.81. The van der Waals surface area contributed by atoms with E-state index in [9.17, 15) is 27.6 Å². The maximum absolute atomic E-state index is 13.9. The number of benzene rings is 1. The topological polar surface area (TPSA) is 94.6 Å². The Morgan fingerprint density at radius 1 is 1.21 bits per heavy atom. The van der Waals surface area contributed by atoms with Crippen molar-refractivity contribution in [1.82, 2.24) is 25.4 Å². The highest BCUT2D eigenvalue weighted by Crippen LogP contribution is 2.42. The summed E-state index contributed by atoms with van der Waals surface area (Å²) in [4.78, 5) is 47.0. The number of pyridine rings is 1. The van der Waals surface area contributed by atoms with Crippen LogP contribution in [0.5, 0.6) is 0 Å². The smallest absolute Gasteiger partial charge is 0.350 e. The number of hydrogen-bond donors (Lipinski definition) is 2. The van der Waals surface area contributed by atoms with Gasteiger partial charge in [0.25, 0.3) is 5.91 Å². The van der Waals surface area contributed by atoms with Gasteiger partial charge in [-0.2, -0.15) is 13.2 Å². The van der Waals surface area contributed by atoms with E-state index in [1.54, 1.807) is 24.5 Å². The van der Waals surface area contributed by atoms with Gasteiger partial charge in [-0.3, -0.25) is 19.5 Å². The Kier molecular flexibility index (Phi) is 8.08. The highest BCUT2D eigenvalue weighted by atomic mass is 19.4. The molecule has 2 aliphatic rings. The highest BCUT2D eigenvalue weighted by molar-refractivity contribution is 6.03. The summed E-state index contributed by atoms with van der Waals surface area (Å²) in [7, 11) is 0. The van der Waals surface area contributed by atoms with Crippen LogP contribution in [-0.2, 0) is 22.3 Å². The molecule has 0 aliphatic carbocycles. The molecule has 0 saturated carbocycles. The minimum absolute atomic E-state index is 0.0174. The molecule has 0 radical (unpaired) electrons. The first-order valence-corrected chi connectivity index (χ1v) is 12.6. The quantitative estimate of drug-likeness (QED) is 0.466. The van der Waals surface area contributed by atoms with Crippen LogP contribution in [0.25, 0.3) is 0 Å². The first kappa shape index (κ1) is 27.9. The normalized spacial score (nSPS) is 18.3. The number of nitrogens with zero attached hydrogens (tertiary/aromatic N) is 3. The summed E-state index contributed by atoms with van der Waals surface area (Å²) in [6.07, 6.45) is 0.294. The molecular weight excluding hydrogens is 511 g/mol. The molecule has 2 aliphatic heterocycles. The molecule has 0 spiro atoms. The average Bonchev–Trinajstić information content (AvgIpc) is 3.24. The highest BCUT2D eigenvalue weighted by Gasteiger charge is 2.48. The number of amides is 4. The average molecular weight is 542 g/mol. The molecule has 2 atom stereocenters. The minimum Gasteiger partial charge on any atom is -0.350 e. The molecule has 206 valence electrons. The van der Waals surface area contributed by atoms with Crippen LogP contribution >= 0.6 is 0 Å². The molecule has 4 amide bonds. The second-order valence-electron chi connectivity index (χ2n) is 9.88. The van der Waals surface area contributed by atoms with Gasteiger partial charge < -0.3 is 15.5 Å². The first-order valence-electron chi connectivity index (χ1n) is 12.6. The van der Waals surface area contributed by atoms with Gasteiger partial charge in [-0.25, -0.2) is 4.79 Å². The monoisotopic (exact) mass is 541 g/mol. The van der Waals surface area contributed by atoms with Crippen molar-refractivity contribution in [3.05, 3.63) is 89.4 Å². The van der Waals surface area contributed by atoms with E-state index < -0.39 is 41.7 Å². The lowest BCUT2D eigenvalue weighted by Crippen LogP contribution is -2.49. The molecule has 1 aromatic heterocycles. The Morgan fingerprint density at radius 2 is 1.90 bits per heavy atom. The fourth-order valence-electron chi connectivity index (χ4n) is 4.96. The van der Waals surface area contributed by atoms with Gasteiger partial charge in [0.15, 0.2) is 0 Å². The molecule has 8 nitrogen and oxygen atoms in total. The Balaban J connectivity index is 1.71. The Bertz CT molecular complexity index is 1290. The van der Waals surface area contributed by atoms with Crippen LogP contribution in [0, 0.1) is 5.92 Å². The minimum atomic E-state index is -4.70. The van der Waals surface area contributed by atoms with E-state index in [1.165, 1.54) is 34.1 Å². The van der Waals surface area contributed by atoms with Crippen molar-refractivity contribution in [1.29, 1.82) is 0 Å². The molecule has 0 bridgehead atoms. The molecule has 11 heteroatoms. The molecule has 39 heavy (non-hydrogen) atoms. The summed E-state index contributed by atoms with van der Waals surface area (Å²) < 4.78 is 41.7. The van der Waals surface area contributed by atoms with Gasteiger partial charge in [-0.05, 0) is 41.7 Å². The maximum Gasteiger partial charge on any atom is 0.416 e. The fraction of sp³-hybridized carbons (Fsp3) is 0.357. The number of urea groups is 1. The number of rotatable bonds is 9. The van der Waals surface area contributed by atoms with Crippen LogP contribution in [0.2, 0.25) is 0 Å². The summed E-state index contributed by atoms with van der Waals surface area (Å²) in [5.41, 5.74) is -0.0750. The fourth-order valence-corrected chi connectivity index (χ4v) is 4.96. The van der Waals surface area contributed by atoms with E-state index in [2.05, 4.69) is 22.2 Å². The second-order valence-corrected chi connectivity index (χ2v) is 9.88. The second kappa shape index (κ2) is 11.3. The van der Waals surface area contributed by atoms with E-state index >= 15 is 0 Å². The SMILES string of the molecule is C=CCN1C(=O)N[C@@H](c2ccccc2C(F)(F)F)C2=C1CN([C@@H](CC(C)C)C(=O)NCc1ccncc1)C2=O. The van der Waals surface area contributed by atoms with Gasteiger partial charge in [-0.15, -0.1) is 6.58 Å². The lowest BCUT2D eigenvalue weighted by Gasteiger charge is -2.33. The van der Waals surface area contributed by atoms with Crippen LogP contribution in [0.3, 0.4) is 0 Å². The summed E-state index contributed by atoms with van der Waals surface area (Å²) in [5, 5.41) is 5.45. The third-order valence-corrected chi connectivity index (χ3v) is 6.73. The van der Waals surface area contributed by atoms with Crippen molar-refractivity contribution in [2.75, 3.05) is 13.1 Å².